The van der Waals surface area contributed by atoms with E-state index >= 15 is 0 Å². The molecule has 0 unspecified atom stereocenters. The molecule has 5 rings (SSSR count). The fraction of sp³-hybridized carbons (Fsp3) is 0.250. The van der Waals surface area contributed by atoms with Gasteiger partial charge in [-0.25, -0.2) is 4.79 Å². The number of esters is 1. The molecular weight excluding hydrogens is 508 g/mol. The van der Waals surface area contributed by atoms with Crippen molar-refractivity contribution in [2.45, 2.75) is 44.6 Å². The first-order chi connectivity index (χ1) is 19.3. The third-order valence-corrected chi connectivity index (χ3v) is 7.51. The number of aryl methyl sites for hydroxylation is 1. The van der Waals surface area contributed by atoms with Gasteiger partial charge < -0.3 is 15.2 Å². The summed E-state index contributed by atoms with van der Waals surface area (Å²) >= 11 is 0. The molecule has 0 radical (unpaired) electrons. The first kappa shape index (κ1) is 26.9. The van der Waals surface area contributed by atoms with Crippen LogP contribution < -0.4 is 10.2 Å². The molecule has 2 N–H and O–H groups in total. The zero-order chi connectivity index (χ0) is 28.4. The van der Waals surface area contributed by atoms with Crippen LogP contribution in [0.3, 0.4) is 0 Å². The molecule has 0 aromatic heterocycles. The molecule has 0 bridgehead atoms. The number of hydrogen-bond donors (Lipinski definition) is 2. The minimum absolute atomic E-state index is 0.0388. The Bertz CT molecular complexity index is 1510. The summed E-state index contributed by atoms with van der Waals surface area (Å²) in [6.07, 6.45) is 0.262. The third-order valence-electron chi connectivity index (χ3n) is 7.51. The molecule has 0 saturated heterocycles. The molecule has 1 amide bonds. The van der Waals surface area contributed by atoms with E-state index in [1.54, 1.807) is 36.4 Å². The number of carbonyl (C=O) groups is 4. The number of nitrogens with one attached hydrogen (secondary N) is 1. The SMILES string of the molecule is COC(=O)c1ccc([C@@H]2C3=C(C[C@H](c4ccc(C)cc4)CC3=O)Nc3ccccc3N2C(=O)CCC(=O)O)cc1. The van der Waals surface area contributed by atoms with Crippen molar-refractivity contribution in [1.82, 2.24) is 0 Å². The maximum absolute atomic E-state index is 14.0. The van der Waals surface area contributed by atoms with E-state index in [0.29, 0.717) is 34.5 Å². The molecular formula is C32H30N2O6. The summed E-state index contributed by atoms with van der Waals surface area (Å²) in [6.45, 7) is 2.02. The summed E-state index contributed by atoms with van der Waals surface area (Å²) in [6, 6.07) is 21.3. The predicted molar refractivity (Wildman–Crippen MR) is 150 cm³/mol. The molecule has 40 heavy (non-hydrogen) atoms. The largest absolute Gasteiger partial charge is 0.481 e. The van der Waals surface area contributed by atoms with E-state index in [1.165, 1.54) is 12.0 Å². The first-order valence-electron chi connectivity index (χ1n) is 13.2. The predicted octanol–water partition coefficient (Wildman–Crippen LogP) is 5.55. The van der Waals surface area contributed by atoms with E-state index in [4.69, 9.17) is 4.74 Å². The molecule has 8 nitrogen and oxygen atoms in total. The fourth-order valence-corrected chi connectivity index (χ4v) is 5.51. The Morgan fingerprint density at radius 3 is 2.27 bits per heavy atom. The molecule has 2 atom stereocenters. The smallest absolute Gasteiger partial charge is 0.337 e. The standard InChI is InChI=1S/C32H30N2O6/c1-19-7-9-20(10-8-19)23-17-25-30(27(35)18-23)31(21-11-13-22(14-12-21)32(39)40-2)34(28(36)15-16-29(37)38)26-6-4-3-5-24(26)33-25/h3-14,23,31,33H,15-18H2,1-2H3,(H,37,38)/t23-,31+/m0/s1. The number of carbonyl (C=O) groups excluding carboxylic acids is 3. The Morgan fingerprint density at radius 2 is 1.60 bits per heavy atom. The topological polar surface area (TPSA) is 113 Å². The van der Waals surface area contributed by atoms with Gasteiger partial charge in [0.25, 0.3) is 0 Å². The summed E-state index contributed by atoms with van der Waals surface area (Å²) in [5.74, 6) is -2.12. The number of hydrogen-bond acceptors (Lipinski definition) is 6. The molecule has 8 heteroatoms. The lowest BCUT2D eigenvalue weighted by Gasteiger charge is -2.35. The maximum Gasteiger partial charge on any atom is 0.337 e. The zero-order valence-electron chi connectivity index (χ0n) is 22.3. The lowest BCUT2D eigenvalue weighted by molar-refractivity contribution is -0.138. The van der Waals surface area contributed by atoms with Gasteiger partial charge in [-0.05, 0) is 54.7 Å². The molecule has 204 valence electrons. The summed E-state index contributed by atoms with van der Waals surface area (Å²) < 4.78 is 4.83. The first-order valence-corrected chi connectivity index (χ1v) is 13.2. The Labute approximate surface area is 232 Å². The molecule has 3 aromatic rings. The van der Waals surface area contributed by atoms with Gasteiger partial charge in [0.05, 0.1) is 36.5 Å². The molecule has 0 spiro atoms. The van der Waals surface area contributed by atoms with Gasteiger partial charge in [-0.1, -0.05) is 54.1 Å². The molecule has 2 aliphatic rings. The van der Waals surface area contributed by atoms with Crippen molar-refractivity contribution < 1.29 is 29.0 Å². The van der Waals surface area contributed by atoms with Gasteiger partial charge in [-0.2, -0.15) is 0 Å². The highest BCUT2D eigenvalue weighted by Gasteiger charge is 2.41. The van der Waals surface area contributed by atoms with Gasteiger partial charge in [-0.15, -0.1) is 0 Å². The van der Waals surface area contributed by atoms with Crippen molar-refractivity contribution >= 4 is 35.0 Å². The average Bonchev–Trinajstić information content (AvgIpc) is 3.10. The summed E-state index contributed by atoms with van der Waals surface area (Å²) in [5.41, 5.74) is 5.57. The van der Waals surface area contributed by atoms with Crippen LogP contribution in [0.1, 0.15) is 64.7 Å². The van der Waals surface area contributed by atoms with Crippen LogP contribution in [0.25, 0.3) is 0 Å². The van der Waals surface area contributed by atoms with Crippen molar-refractivity contribution in [3.05, 3.63) is 106 Å². The molecule has 0 fully saturated rings. The Hall–Kier alpha value is -4.72. The van der Waals surface area contributed by atoms with Crippen LogP contribution in [-0.4, -0.2) is 35.8 Å². The number of rotatable bonds is 6. The van der Waals surface area contributed by atoms with Crippen LogP contribution in [-0.2, 0) is 19.1 Å². The minimum Gasteiger partial charge on any atom is -0.481 e. The van der Waals surface area contributed by atoms with E-state index in [-0.39, 0.29) is 31.0 Å². The second kappa shape index (κ2) is 11.2. The normalized spacial score (nSPS) is 18.2. The Balaban J connectivity index is 1.67. The number of fused-ring (bicyclic) bond motifs is 1. The van der Waals surface area contributed by atoms with Gasteiger partial charge in [0.15, 0.2) is 5.78 Å². The number of Topliss-reactive ketones (excluding diaryl/α,β-unsaturated/α-hetero) is 1. The second-order valence-electron chi connectivity index (χ2n) is 10.1. The average molecular weight is 539 g/mol. The van der Waals surface area contributed by atoms with Crippen molar-refractivity contribution in [2.75, 3.05) is 17.3 Å². The lowest BCUT2D eigenvalue weighted by Crippen LogP contribution is -2.38. The number of para-hydroxylation sites is 2. The number of carboxylic acid groups (broad SMARTS) is 1. The number of nitrogens with zero attached hydrogens (tertiary/aromatic N) is 1. The van der Waals surface area contributed by atoms with Crippen LogP contribution in [0.5, 0.6) is 0 Å². The van der Waals surface area contributed by atoms with E-state index in [9.17, 15) is 24.3 Å². The number of amides is 1. The van der Waals surface area contributed by atoms with E-state index in [0.717, 1.165) is 16.8 Å². The summed E-state index contributed by atoms with van der Waals surface area (Å²) in [5, 5.41) is 12.8. The number of carboxylic acids is 1. The number of allylic oxidation sites excluding steroid dienone is 1. The molecule has 1 aliphatic heterocycles. The number of benzene rings is 3. The van der Waals surface area contributed by atoms with Crippen LogP contribution in [0, 0.1) is 6.92 Å². The quantitative estimate of drug-likeness (QED) is 0.396. The van der Waals surface area contributed by atoms with E-state index in [1.807, 2.05) is 43.3 Å². The molecule has 1 aliphatic carbocycles. The van der Waals surface area contributed by atoms with Gasteiger partial charge >= 0.3 is 11.9 Å². The summed E-state index contributed by atoms with van der Waals surface area (Å²) in [4.78, 5) is 52.8. The van der Waals surface area contributed by atoms with Crippen molar-refractivity contribution in [3.63, 3.8) is 0 Å². The van der Waals surface area contributed by atoms with Crippen LogP contribution in [0.2, 0.25) is 0 Å². The molecule has 3 aromatic carbocycles. The second-order valence-corrected chi connectivity index (χ2v) is 10.1. The number of anilines is 2. The molecule has 0 saturated carbocycles. The number of ether oxygens (including phenoxy) is 1. The highest BCUT2D eigenvalue weighted by atomic mass is 16.5. The highest BCUT2D eigenvalue weighted by molar-refractivity contribution is 6.06. The molecule has 1 heterocycles. The Kier molecular flexibility index (Phi) is 7.51. The Morgan fingerprint density at radius 1 is 0.925 bits per heavy atom. The van der Waals surface area contributed by atoms with Gasteiger partial charge in [0.2, 0.25) is 5.91 Å². The van der Waals surface area contributed by atoms with Gasteiger partial charge in [0, 0.05) is 24.1 Å². The van der Waals surface area contributed by atoms with E-state index in [2.05, 4.69) is 5.32 Å². The van der Waals surface area contributed by atoms with Gasteiger partial charge in [0.1, 0.15) is 0 Å². The van der Waals surface area contributed by atoms with Crippen molar-refractivity contribution in [3.8, 4) is 0 Å². The number of ketones is 1. The minimum atomic E-state index is -1.08. The highest BCUT2D eigenvalue weighted by Crippen LogP contribution is 2.47. The van der Waals surface area contributed by atoms with Crippen molar-refractivity contribution in [2.24, 2.45) is 0 Å². The number of methoxy groups -OCH3 is 1. The van der Waals surface area contributed by atoms with Gasteiger partial charge in [-0.3, -0.25) is 19.3 Å². The van der Waals surface area contributed by atoms with Crippen LogP contribution >= 0.6 is 0 Å². The van der Waals surface area contributed by atoms with Crippen LogP contribution in [0.4, 0.5) is 11.4 Å². The zero-order valence-corrected chi connectivity index (χ0v) is 22.3. The van der Waals surface area contributed by atoms with E-state index < -0.39 is 23.9 Å². The lowest BCUT2D eigenvalue weighted by atomic mass is 9.78. The fourth-order valence-electron chi connectivity index (χ4n) is 5.51. The monoisotopic (exact) mass is 538 g/mol. The third kappa shape index (κ3) is 5.25. The van der Waals surface area contributed by atoms with Crippen molar-refractivity contribution in [1.29, 1.82) is 0 Å². The maximum atomic E-state index is 14.0. The van der Waals surface area contributed by atoms with Crippen LogP contribution in [0.15, 0.2) is 84.1 Å². The number of aliphatic carboxylic acids is 1. The summed E-state index contributed by atoms with van der Waals surface area (Å²) in [7, 11) is 1.30.